The van der Waals surface area contributed by atoms with Crippen LogP contribution in [-0.2, 0) is 0 Å². The van der Waals surface area contributed by atoms with Crippen LogP contribution >= 0.6 is 36.2 Å². The van der Waals surface area contributed by atoms with Crippen molar-refractivity contribution in [2.45, 2.75) is 4.58 Å². The highest BCUT2D eigenvalue weighted by Gasteiger charge is 2.19. The molecule has 1 nitrogen and oxygen atoms in total. The van der Waals surface area contributed by atoms with Crippen LogP contribution in [0.3, 0.4) is 0 Å². The summed E-state index contributed by atoms with van der Waals surface area (Å²) in [7, 11) is 1.69. The van der Waals surface area contributed by atoms with Gasteiger partial charge >= 0.3 is 0 Å². The fourth-order valence-electron chi connectivity index (χ4n) is 1.31. The molecule has 1 aromatic rings. The highest BCUT2D eigenvalue weighted by molar-refractivity contribution is 8.22. The summed E-state index contributed by atoms with van der Waals surface area (Å²) in [4.78, 5) is 1.35. The fraction of sp³-hybridized carbons (Fsp3) is 0.273. The summed E-state index contributed by atoms with van der Waals surface area (Å²) in [5.41, 5.74) is 1.33. The smallest absolute Gasteiger partial charge is 0.118 e. The van der Waals surface area contributed by atoms with Crippen molar-refractivity contribution >= 4 is 36.2 Å². The summed E-state index contributed by atoms with van der Waals surface area (Å²) in [5, 5.41) is 2.20. The van der Waals surface area contributed by atoms with Gasteiger partial charge < -0.3 is 4.74 Å². The Morgan fingerprint density at radius 1 is 1.33 bits per heavy atom. The third kappa shape index (κ3) is 2.68. The van der Waals surface area contributed by atoms with Gasteiger partial charge in [-0.3, -0.25) is 0 Å². The number of benzene rings is 1. The first-order valence-corrected chi connectivity index (χ1v) is 7.05. The second kappa shape index (κ2) is 5.23. The summed E-state index contributed by atoms with van der Waals surface area (Å²) < 4.78 is 5.62. The van der Waals surface area contributed by atoms with Crippen LogP contribution < -0.4 is 4.74 Å². The Hall–Kier alpha value is -0.190. The Balaban J connectivity index is 2.05. The normalized spacial score (nSPS) is 20.1. The molecule has 0 aromatic heterocycles. The Bertz CT molecular complexity index is 359. The van der Waals surface area contributed by atoms with Crippen LogP contribution in [0.25, 0.3) is 0 Å². The number of hydrogen-bond acceptors (Lipinski definition) is 4. The standard InChI is InChI=1S/C11H12OS3/c1-12-9-4-2-8(3-5-9)11-14-7-10(6-13)15-11/h2-5,7,11,13H,6H2,1H3. The molecule has 1 heterocycles. The van der Waals surface area contributed by atoms with Crippen LogP contribution in [0.4, 0.5) is 0 Å². The van der Waals surface area contributed by atoms with E-state index >= 15 is 0 Å². The number of rotatable bonds is 3. The van der Waals surface area contributed by atoms with E-state index in [4.69, 9.17) is 4.74 Å². The summed E-state index contributed by atoms with van der Waals surface area (Å²) in [6.45, 7) is 0. The van der Waals surface area contributed by atoms with Gasteiger partial charge in [-0.1, -0.05) is 12.1 Å². The first-order valence-electron chi connectivity index (χ1n) is 4.59. The van der Waals surface area contributed by atoms with Gasteiger partial charge in [-0.15, -0.1) is 23.5 Å². The maximum atomic E-state index is 5.14. The highest BCUT2D eigenvalue weighted by Crippen LogP contribution is 2.50. The Labute approximate surface area is 104 Å². The van der Waals surface area contributed by atoms with Crippen molar-refractivity contribution in [3.8, 4) is 5.75 Å². The second-order valence-corrected chi connectivity index (χ2v) is 5.93. The van der Waals surface area contributed by atoms with E-state index in [2.05, 4.69) is 30.2 Å². The van der Waals surface area contributed by atoms with Crippen LogP contribution in [0, 0.1) is 0 Å². The quantitative estimate of drug-likeness (QED) is 0.821. The van der Waals surface area contributed by atoms with Crippen molar-refractivity contribution in [3.63, 3.8) is 0 Å². The zero-order valence-corrected chi connectivity index (χ0v) is 10.9. The molecule has 0 aliphatic carbocycles. The van der Waals surface area contributed by atoms with E-state index in [1.54, 1.807) is 7.11 Å². The van der Waals surface area contributed by atoms with Crippen LogP contribution in [0.2, 0.25) is 0 Å². The molecule has 0 spiro atoms. The van der Waals surface area contributed by atoms with Crippen molar-refractivity contribution in [2.75, 3.05) is 12.9 Å². The zero-order chi connectivity index (χ0) is 10.7. The third-order valence-electron chi connectivity index (χ3n) is 2.13. The van der Waals surface area contributed by atoms with Crippen LogP contribution in [-0.4, -0.2) is 12.9 Å². The van der Waals surface area contributed by atoms with Gasteiger partial charge in [-0.2, -0.15) is 12.6 Å². The average molecular weight is 256 g/mol. The van der Waals surface area contributed by atoms with E-state index in [1.165, 1.54) is 10.5 Å². The van der Waals surface area contributed by atoms with Crippen molar-refractivity contribution in [1.29, 1.82) is 0 Å². The van der Waals surface area contributed by atoms with Gasteiger partial charge in [-0.05, 0) is 23.1 Å². The van der Waals surface area contributed by atoms with E-state index in [-0.39, 0.29) is 0 Å². The molecule has 0 radical (unpaired) electrons. The largest absolute Gasteiger partial charge is 0.497 e. The number of hydrogen-bond donors (Lipinski definition) is 1. The molecule has 15 heavy (non-hydrogen) atoms. The monoisotopic (exact) mass is 256 g/mol. The zero-order valence-electron chi connectivity index (χ0n) is 8.34. The van der Waals surface area contributed by atoms with E-state index in [9.17, 15) is 0 Å². The van der Waals surface area contributed by atoms with E-state index in [1.807, 2.05) is 35.7 Å². The molecule has 2 rings (SSSR count). The molecule has 0 saturated heterocycles. The SMILES string of the molecule is COc1ccc(C2SC=C(CS)S2)cc1. The van der Waals surface area contributed by atoms with Crippen molar-refractivity contribution in [3.05, 3.63) is 40.1 Å². The van der Waals surface area contributed by atoms with Crippen molar-refractivity contribution in [1.82, 2.24) is 0 Å². The molecule has 0 amide bonds. The van der Waals surface area contributed by atoms with E-state index < -0.39 is 0 Å². The van der Waals surface area contributed by atoms with Crippen LogP contribution in [0.1, 0.15) is 10.1 Å². The highest BCUT2D eigenvalue weighted by atomic mass is 32.2. The van der Waals surface area contributed by atoms with Gasteiger partial charge in [0.2, 0.25) is 0 Å². The summed E-state index contributed by atoms with van der Waals surface area (Å²) in [5.74, 6) is 1.75. The molecule has 1 aliphatic heterocycles. The van der Waals surface area contributed by atoms with Gasteiger partial charge in [0.25, 0.3) is 0 Å². The Kier molecular flexibility index (Phi) is 3.94. The average Bonchev–Trinajstić information content (AvgIpc) is 2.78. The minimum absolute atomic E-state index is 0.484. The lowest BCUT2D eigenvalue weighted by Crippen LogP contribution is -1.87. The summed E-state index contributed by atoms with van der Waals surface area (Å²) >= 11 is 8.01. The molecule has 1 aliphatic rings. The van der Waals surface area contributed by atoms with Crippen LogP contribution in [0.5, 0.6) is 5.75 Å². The van der Waals surface area contributed by atoms with Crippen molar-refractivity contribution in [2.24, 2.45) is 0 Å². The van der Waals surface area contributed by atoms with Gasteiger partial charge in [-0.25, -0.2) is 0 Å². The number of methoxy groups -OCH3 is 1. The lowest BCUT2D eigenvalue weighted by molar-refractivity contribution is 0.414. The molecule has 4 heteroatoms. The number of thioether (sulfide) groups is 2. The molecule has 0 fully saturated rings. The minimum Gasteiger partial charge on any atom is -0.497 e. The molecular weight excluding hydrogens is 244 g/mol. The summed E-state index contributed by atoms with van der Waals surface area (Å²) in [6.07, 6.45) is 0. The van der Waals surface area contributed by atoms with Gasteiger partial charge in [0.05, 0.1) is 11.7 Å². The molecule has 80 valence electrons. The maximum absolute atomic E-state index is 5.14. The Morgan fingerprint density at radius 2 is 2.07 bits per heavy atom. The molecule has 0 N–H and O–H groups in total. The number of thiol groups is 1. The molecule has 1 atom stereocenters. The molecule has 1 aromatic carbocycles. The minimum atomic E-state index is 0.484. The predicted molar refractivity (Wildman–Crippen MR) is 72.9 cm³/mol. The number of ether oxygens (including phenoxy) is 1. The van der Waals surface area contributed by atoms with Crippen molar-refractivity contribution < 1.29 is 4.74 Å². The summed E-state index contributed by atoms with van der Waals surface area (Å²) in [6, 6.07) is 8.27. The Morgan fingerprint density at radius 3 is 2.60 bits per heavy atom. The molecule has 0 bridgehead atoms. The van der Waals surface area contributed by atoms with E-state index in [0.29, 0.717) is 4.58 Å². The van der Waals surface area contributed by atoms with Crippen LogP contribution in [0.15, 0.2) is 34.6 Å². The topological polar surface area (TPSA) is 9.23 Å². The fourth-order valence-corrected chi connectivity index (χ4v) is 4.22. The molecular formula is C11H12OS3. The first-order chi connectivity index (χ1) is 7.33. The second-order valence-electron chi connectivity index (χ2n) is 3.10. The van der Waals surface area contributed by atoms with Gasteiger partial charge in [0, 0.05) is 10.7 Å². The molecule has 1 unspecified atom stereocenters. The maximum Gasteiger partial charge on any atom is 0.118 e. The predicted octanol–water partition coefficient (Wildman–Crippen LogP) is 3.95. The van der Waals surface area contributed by atoms with Gasteiger partial charge in [0.1, 0.15) is 5.75 Å². The lowest BCUT2D eigenvalue weighted by atomic mass is 10.2. The van der Waals surface area contributed by atoms with E-state index in [0.717, 1.165) is 11.5 Å². The molecule has 0 saturated carbocycles. The lowest BCUT2D eigenvalue weighted by Gasteiger charge is -2.09. The first kappa shape index (κ1) is 11.3. The third-order valence-corrected chi connectivity index (χ3v) is 5.44. The van der Waals surface area contributed by atoms with Gasteiger partial charge in [0.15, 0.2) is 0 Å².